The van der Waals surface area contributed by atoms with Gasteiger partial charge >= 0.3 is 0 Å². The second-order valence-electron chi connectivity index (χ2n) is 6.04. The lowest BCUT2D eigenvalue weighted by Crippen LogP contribution is -2.21. The van der Waals surface area contributed by atoms with E-state index in [1.165, 1.54) is 11.8 Å². The highest BCUT2D eigenvalue weighted by atomic mass is 35.5. The van der Waals surface area contributed by atoms with Gasteiger partial charge in [0.2, 0.25) is 11.8 Å². The van der Waals surface area contributed by atoms with Crippen molar-refractivity contribution >= 4 is 34.3 Å². The van der Waals surface area contributed by atoms with Gasteiger partial charge in [0.25, 0.3) is 5.56 Å². The fourth-order valence-electron chi connectivity index (χ4n) is 2.68. The Labute approximate surface area is 164 Å². The summed E-state index contributed by atoms with van der Waals surface area (Å²) in [6, 6.07) is 12.8. The summed E-state index contributed by atoms with van der Waals surface area (Å²) in [5, 5.41) is 9.41. The summed E-state index contributed by atoms with van der Waals surface area (Å²) in [6.07, 6.45) is 0. The second-order valence-corrected chi connectivity index (χ2v) is 7.41. The summed E-state index contributed by atoms with van der Waals surface area (Å²) in [7, 11) is 0. The standard InChI is InChI=1S/C19H15ClN4O2S/c1-11-3-6-14(7-4-11)24-18(25)15-8-5-13(20)9-16(15)21-19(24)27-10-17-23-22-12(2)26-17/h3-9H,10H2,1-2H3. The van der Waals surface area contributed by atoms with Crippen LogP contribution in [0.1, 0.15) is 17.3 Å². The second kappa shape index (κ2) is 7.17. The summed E-state index contributed by atoms with van der Waals surface area (Å²) in [5.41, 5.74) is 2.27. The van der Waals surface area contributed by atoms with Crippen molar-refractivity contribution in [2.45, 2.75) is 24.8 Å². The van der Waals surface area contributed by atoms with Crippen LogP contribution in [0.25, 0.3) is 16.6 Å². The molecule has 0 aliphatic heterocycles. The molecule has 0 aliphatic rings. The minimum atomic E-state index is -0.148. The number of benzene rings is 2. The number of aromatic nitrogens is 4. The highest BCUT2D eigenvalue weighted by Gasteiger charge is 2.15. The smallest absolute Gasteiger partial charge is 0.266 e. The van der Waals surface area contributed by atoms with Crippen LogP contribution in [0.2, 0.25) is 5.02 Å². The molecule has 0 spiro atoms. The molecule has 2 heterocycles. The van der Waals surface area contributed by atoms with Gasteiger partial charge in [-0.3, -0.25) is 9.36 Å². The lowest BCUT2D eigenvalue weighted by atomic mass is 10.2. The summed E-state index contributed by atoms with van der Waals surface area (Å²) >= 11 is 7.44. The van der Waals surface area contributed by atoms with E-state index in [-0.39, 0.29) is 5.56 Å². The third kappa shape index (κ3) is 3.61. The average molecular weight is 399 g/mol. The van der Waals surface area contributed by atoms with Crippen LogP contribution in [0.3, 0.4) is 0 Å². The number of hydrogen-bond donors (Lipinski definition) is 0. The van der Waals surface area contributed by atoms with Gasteiger partial charge in [-0.15, -0.1) is 10.2 Å². The van der Waals surface area contributed by atoms with Crippen LogP contribution in [-0.2, 0) is 5.75 Å². The van der Waals surface area contributed by atoms with Crippen molar-refractivity contribution in [1.29, 1.82) is 0 Å². The fourth-order valence-corrected chi connectivity index (χ4v) is 3.69. The number of nitrogens with zero attached hydrogens (tertiary/aromatic N) is 4. The molecular weight excluding hydrogens is 384 g/mol. The third-order valence-electron chi connectivity index (χ3n) is 3.99. The molecule has 8 heteroatoms. The summed E-state index contributed by atoms with van der Waals surface area (Å²) in [4.78, 5) is 17.8. The van der Waals surface area contributed by atoms with Crippen molar-refractivity contribution in [3.05, 3.63) is 75.2 Å². The molecule has 6 nitrogen and oxygen atoms in total. The van der Waals surface area contributed by atoms with Crippen molar-refractivity contribution in [2.75, 3.05) is 0 Å². The van der Waals surface area contributed by atoms with Gasteiger partial charge < -0.3 is 4.42 Å². The molecule has 0 fully saturated rings. The highest BCUT2D eigenvalue weighted by molar-refractivity contribution is 7.98. The van der Waals surface area contributed by atoms with Gasteiger partial charge in [0.15, 0.2) is 5.16 Å². The first kappa shape index (κ1) is 17.8. The molecule has 0 aliphatic carbocycles. The van der Waals surface area contributed by atoms with Gasteiger partial charge in [-0.2, -0.15) is 0 Å². The predicted molar refractivity (Wildman–Crippen MR) is 106 cm³/mol. The van der Waals surface area contributed by atoms with Crippen LogP contribution in [0, 0.1) is 13.8 Å². The molecule has 0 bridgehead atoms. The number of hydrogen-bond acceptors (Lipinski definition) is 6. The van der Waals surface area contributed by atoms with Crippen molar-refractivity contribution in [3.63, 3.8) is 0 Å². The fraction of sp³-hybridized carbons (Fsp3) is 0.158. The maximum atomic E-state index is 13.2. The van der Waals surface area contributed by atoms with Crippen LogP contribution >= 0.6 is 23.4 Å². The molecule has 0 radical (unpaired) electrons. The molecule has 0 N–H and O–H groups in total. The first-order chi connectivity index (χ1) is 13.0. The number of thioether (sulfide) groups is 1. The van der Waals surface area contributed by atoms with E-state index in [1.807, 2.05) is 31.2 Å². The molecule has 0 saturated heterocycles. The normalized spacial score (nSPS) is 11.2. The van der Waals surface area contributed by atoms with Crippen LogP contribution in [0.4, 0.5) is 0 Å². The van der Waals surface area contributed by atoms with E-state index in [9.17, 15) is 4.79 Å². The highest BCUT2D eigenvalue weighted by Crippen LogP contribution is 2.25. The Morgan fingerprint density at radius 3 is 2.59 bits per heavy atom. The number of rotatable bonds is 4. The maximum Gasteiger partial charge on any atom is 0.266 e. The zero-order chi connectivity index (χ0) is 19.0. The molecule has 2 aromatic carbocycles. The Balaban J connectivity index is 1.86. The maximum absolute atomic E-state index is 13.2. The van der Waals surface area contributed by atoms with Crippen LogP contribution in [0.5, 0.6) is 0 Å². The van der Waals surface area contributed by atoms with Gasteiger partial charge in [0.05, 0.1) is 22.3 Å². The van der Waals surface area contributed by atoms with Gasteiger partial charge in [-0.1, -0.05) is 41.1 Å². The molecular formula is C19H15ClN4O2S. The topological polar surface area (TPSA) is 73.8 Å². The Morgan fingerprint density at radius 2 is 1.89 bits per heavy atom. The molecule has 0 saturated carbocycles. The van der Waals surface area contributed by atoms with Gasteiger partial charge in [0.1, 0.15) is 0 Å². The minimum absolute atomic E-state index is 0.148. The summed E-state index contributed by atoms with van der Waals surface area (Å²) in [6.45, 7) is 3.74. The van der Waals surface area contributed by atoms with E-state index >= 15 is 0 Å². The quantitative estimate of drug-likeness (QED) is 0.376. The molecule has 2 aromatic heterocycles. The first-order valence-corrected chi connectivity index (χ1v) is 9.59. The number of aryl methyl sites for hydroxylation is 2. The molecule has 0 amide bonds. The van der Waals surface area contributed by atoms with E-state index in [4.69, 9.17) is 16.0 Å². The van der Waals surface area contributed by atoms with E-state index in [0.717, 1.165) is 11.3 Å². The Kier molecular flexibility index (Phi) is 4.72. The minimum Gasteiger partial charge on any atom is -0.425 e. The number of fused-ring (bicyclic) bond motifs is 1. The van der Waals surface area contributed by atoms with E-state index < -0.39 is 0 Å². The van der Waals surface area contributed by atoms with Crippen molar-refractivity contribution in [2.24, 2.45) is 0 Å². The van der Waals surface area contributed by atoms with Crippen LogP contribution in [-0.4, -0.2) is 19.7 Å². The van der Waals surface area contributed by atoms with E-state index in [1.54, 1.807) is 29.7 Å². The van der Waals surface area contributed by atoms with Crippen molar-refractivity contribution in [1.82, 2.24) is 19.7 Å². The van der Waals surface area contributed by atoms with Crippen LogP contribution < -0.4 is 5.56 Å². The van der Waals surface area contributed by atoms with Gasteiger partial charge in [0, 0.05) is 11.9 Å². The zero-order valence-corrected chi connectivity index (χ0v) is 16.2. The zero-order valence-electron chi connectivity index (χ0n) is 14.6. The SMILES string of the molecule is Cc1ccc(-n2c(SCc3nnc(C)o3)nc3cc(Cl)ccc3c2=O)cc1. The molecule has 4 aromatic rings. The lowest BCUT2D eigenvalue weighted by Gasteiger charge is -2.13. The van der Waals surface area contributed by atoms with Crippen molar-refractivity contribution < 1.29 is 4.42 Å². The average Bonchev–Trinajstić information content (AvgIpc) is 3.06. The third-order valence-corrected chi connectivity index (χ3v) is 5.14. The van der Waals surface area contributed by atoms with E-state index in [0.29, 0.717) is 38.6 Å². The monoisotopic (exact) mass is 398 g/mol. The van der Waals surface area contributed by atoms with Gasteiger partial charge in [-0.05, 0) is 37.3 Å². The largest absolute Gasteiger partial charge is 0.425 e. The Hall–Kier alpha value is -2.64. The summed E-state index contributed by atoms with van der Waals surface area (Å²) < 4.78 is 7.02. The van der Waals surface area contributed by atoms with Crippen LogP contribution in [0.15, 0.2) is 56.8 Å². The Morgan fingerprint density at radius 1 is 1.11 bits per heavy atom. The molecule has 136 valence electrons. The molecule has 4 rings (SSSR count). The molecule has 0 unspecified atom stereocenters. The lowest BCUT2D eigenvalue weighted by molar-refractivity contribution is 0.485. The predicted octanol–water partition coefficient (Wildman–Crippen LogP) is 4.33. The first-order valence-electron chi connectivity index (χ1n) is 8.22. The summed E-state index contributed by atoms with van der Waals surface area (Å²) in [5.74, 6) is 1.39. The van der Waals surface area contributed by atoms with Crippen molar-refractivity contribution in [3.8, 4) is 5.69 Å². The number of halogens is 1. The van der Waals surface area contributed by atoms with E-state index in [2.05, 4.69) is 15.2 Å². The Bertz CT molecular complexity index is 1180. The molecule has 0 atom stereocenters. The molecule has 27 heavy (non-hydrogen) atoms. The van der Waals surface area contributed by atoms with Gasteiger partial charge in [-0.25, -0.2) is 4.98 Å².